The number of likely N-dealkylation sites (N-methyl/N-ethyl adjacent to an activating group) is 1. The standard InChI is InChI=1S/C22H25F2N7O/c1-3-18-28-20(25)19-22(29-18)31(21(30-19)14-9-15(23)11-27-10-14)12-13-4-5-16(24)17(8-13)32-7-6-26-2/h4-5,8-11,16-17,26H,3,6-7,12H2,1-2H3,(H2,25,28,29). The van der Waals surface area contributed by atoms with E-state index in [2.05, 4.69) is 25.3 Å². The average molecular weight is 441 g/mol. The van der Waals surface area contributed by atoms with Crippen molar-refractivity contribution in [3.63, 3.8) is 0 Å². The van der Waals surface area contributed by atoms with E-state index in [1.165, 1.54) is 18.3 Å². The summed E-state index contributed by atoms with van der Waals surface area (Å²) >= 11 is 0. The van der Waals surface area contributed by atoms with Gasteiger partial charge in [-0.05, 0) is 30.8 Å². The first-order valence-corrected chi connectivity index (χ1v) is 10.4. The van der Waals surface area contributed by atoms with Gasteiger partial charge in [-0.3, -0.25) is 4.98 Å². The molecule has 168 valence electrons. The number of nitrogens with one attached hydrogen (secondary N) is 1. The van der Waals surface area contributed by atoms with E-state index in [4.69, 9.17) is 10.5 Å². The first-order chi connectivity index (χ1) is 15.5. The molecule has 2 atom stereocenters. The van der Waals surface area contributed by atoms with Crippen molar-refractivity contribution in [3.8, 4) is 11.4 Å². The van der Waals surface area contributed by atoms with Gasteiger partial charge in [-0.1, -0.05) is 13.0 Å². The Bertz CT molecular complexity index is 1170. The topological polar surface area (TPSA) is 104 Å². The number of anilines is 1. The third-order valence-corrected chi connectivity index (χ3v) is 5.14. The number of alkyl halides is 1. The predicted molar refractivity (Wildman–Crippen MR) is 118 cm³/mol. The number of nitrogens with zero attached hydrogens (tertiary/aromatic N) is 5. The van der Waals surface area contributed by atoms with E-state index >= 15 is 0 Å². The van der Waals surface area contributed by atoms with Crippen LogP contribution in [0.4, 0.5) is 14.6 Å². The molecule has 0 amide bonds. The molecule has 0 aliphatic heterocycles. The summed E-state index contributed by atoms with van der Waals surface area (Å²) in [5.74, 6) is 0.793. The molecule has 0 fully saturated rings. The van der Waals surface area contributed by atoms with Crippen molar-refractivity contribution in [3.05, 3.63) is 53.9 Å². The first kappa shape index (κ1) is 22.0. The number of halogens is 2. The Morgan fingerprint density at radius 3 is 2.84 bits per heavy atom. The molecule has 0 saturated heterocycles. The van der Waals surface area contributed by atoms with Crippen molar-refractivity contribution in [2.24, 2.45) is 0 Å². The first-order valence-electron chi connectivity index (χ1n) is 10.4. The fourth-order valence-electron chi connectivity index (χ4n) is 3.54. The molecule has 3 heterocycles. The Kier molecular flexibility index (Phi) is 6.52. The molecular formula is C22H25F2N7O. The molecular weight excluding hydrogens is 416 g/mol. The SMILES string of the molecule is CCc1nc(N)c2nc(-c3cncc(F)c3)n(CC3=CC(OCCNC)C(F)C=C3)c2n1. The van der Waals surface area contributed by atoms with E-state index in [1.807, 2.05) is 18.5 Å². The highest BCUT2D eigenvalue weighted by Crippen LogP contribution is 2.29. The summed E-state index contributed by atoms with van der Waals surface area (Å²) in [6.07, 6.45) is 6.27. The van der Waals surface area contributed by atoms with E-state index in [0.717, 1.165) is 11.8 Å². The van der Waals surface area contributed by atoms with Crippen LogP contribution in [0.15, 0.2) is 42.3 Å². The van der Waals surface area contributed by atoms with Crippen molar-refractivity contribution in [2.75, 3.05) is 25.9 Å². The van der Waals surface area contributed by atoms with Gasteiger partial charge in [0.05, 0.1) is 19.3 Å². The van der Waals surface area contributed by atoms with Crippen molar-refractivity contribution < 1.29 is 13.5 Å². The lowest BCUT2D eigenvalue weighted by atomic mass is 10.0. The number of hydrogen-bond donors (Lipinski definition) is 2. The molecule has 3 N–H and O–H groups in total. The molecule has 3 aromatic heterocycles. The van der Waals surface area contributed by atoms with Crippen LogP contribution in [0.3, 0.4) is 0 Å². The maximum absolute atomic E-state index is 14.3. The fraction of sp³-hybridized carbons (Fsp3) is 0.364. The molecule has 0 bridgehead atoms. The van der Waals surface area contributed by atoms with Crippen LogP contribution in [0.5, 0.6) is 0 Å². The highest BCUT2D eigenvalue weighted by Gasteiger charge is 2.23. The van der Waals surface area contributed by atoms with Crippen LogP contribution in [0.25, 0.3) is 22.6 Å². The van der Waals surface area contributed by atoms with Crippen molar-refractivity contribution in [2.45, 2.75) is 32.2 Å². The minimum Gasteiger partial charge on any atom is -0.382 e. The molecule has 1 aliphatic carbocycles. The van der Waals surface area contributed by atoms with Crippen molar-refractivity contribution >= 4 is 17.0 Å². The fourth-order valence-corrected chi connectivity index (χ4v) is 3.54. The molecule has 8 nitrogen and oxygen atoms in total. The Morgan fingerprint density at radius 1 is 1.25 bits per heavy atom. The maximum Gasteiger partial charge on any atom is 0.166 e. The Labute approximate surface area is 184 Å². The van der Waals surface area contributed by atoms with E-state index < -0.39 is 18.1 Å². The third-order valence-electron chi connectivity index (χ3n) is 5.14. The molecule has 0 saturated carbocycles. The minimum absolute atomic E-state index is 0.251. The number of fused-ring (bicyclic) bond motifs is 1. The Hall–Kier alpha value is -3.24. The molecule has 2 unspecified atom stereocenters. The van der Waals surface area contributed by atoms with Crippen LogP contribution in [0.1, 0.15) is 12.7 Å². The number of nitrogens with two attached hydrogens (primary N) is 1. The normalized spacial score (nSPS) is 18.3. The van der Waals surface area contributed by atoms with E-state index in [9.17, 15) is 8.78 Å². The summed E-state index contributed by atoms with van der Waals surface area (Å²) in [6.45, 7) is 3.25. The van der Waals surface area contributed by atoms with Gasteiger partial charge in [0.25, 0.3) is 0 Å². The van der Waals surface area contributed by atoms with Gasteiger partial charge in [0.1, 0.15) is 29.7 Å². The van der Waals surface area contributed by atoms with Gasteiger partial charge in [-0.2, -0.15) is 0 Å². The summed E-state index contributed by atoms with van der Waals surface area (Å²) in [4.78, 5) is 17.4. The van der Waals surface area contributed by atoms with Gasteiger partial charge in [-0.15, -0.1) is 0 Å². The number of ether oxygens (including phenoxy) is 1. The van der Waals surface area contributed by atoms with Crippen LogP contribution < -0.4 is 11.1 Å². The third kappa shape index (κ3) is 4.51. The summed E-state index contributed by atoms with van der Waals surface area (Å²) in [7, 11) is 1.81. The molecule has 4 rings (SSSR count). The van der Waals surface area contributed by atoms with Gasteiger partial charge < -0.3 is 20.4 Å². The quantitative estimate of drug-likeness (QED) is 0.518. The monoisotopic (exact) mass is 441 g/mol. The summed E-state index contributed by atoms with van der Waals surface area (Å²) < 4.78 is 35.7. The molecule has 1 aliphatic rings. The van der Waals surface area contributed by atoms with Gasteiger partial charge in [-0.25, -0.2) is 23.7 Å². The zero-order valence-electron chi connectivity index (χ0n) is 17.9. The number of pyridine rings is 1. The van der Waals surface area contributed by atoms with Crippen LogP contribution in [-0.4, -0.2) is 57.0 Å². The van der Waals surface area contributed by atoms with Crippen molar-refractivity contribution in [1.82, 2.24) is 29.8 Å². The maximum atomic E-state index is 14.3. The van der Waals surface area contributed by atoms with Crippen LogP contribution in [0.2, 0.25) is 0 Å². The second-order valence-electron chi connectivity index (χ2n) is 7.45. The van der Waals surface area contributed by atoms with Gasteiger partial charge in [0.15, 0.2) is 17.0 Å². The molecule has 10 heteroatoms. The lowest BCUT2D eigenvalue weighted by molar-refractivity contribution is 0.0452. The lowest BCUT2D eigenvalue weighted by Crippen LogP contribution is -2.28. The molecule has 32 heavy (non-hydrogen) atoms. The number of aromatic nitrogens is 5. The number of aryl methyl sites for hydroxylation is 1. The number of imidazole rings is 1. The molecule has 3 aromatic rings. The highest BCUT2D eigenvalue weighted by atomic mass is 19.1. The summed E-state index contributed by atoms with van der Waals surface area (Å²) in [5.41, 5.74) is 8.38. The number of allylic oxidation sites excluding steroid dienone is 2. The highest BCUT2D eigenvalue weighted by molar-refractivity contribution is 5.85. The van der Waals surface area contributed by atoms with E-state index in [0.29, 0.717) is 54.5 Å². The summed E-state index contributed by atoms with van der Waals surface area (Å²) in [5, 5.41) is 2.97. The molecule has 0 spiro atoms. The Morgan fingerprint density at radius 2 is 2.09 bits per heavy atom. The largest absolute Gasteiger partial charge is 0.382 e. The van der Waals surface area contributed by atoms with E-state index in [-0.39, 0.29) is 5.82 Å². The number of rotatable bonds is 8. The number of nitrogen functional groups attached to an aromatic ring is 1. The minimum atomic E-state index is -1.23. The van der Waals surface area contributed by atoms with Crippen molar-refractivity contribution in [1.29, 1.82) is 0 Å². The zero-order chi connectivity index (χ0) is 22.7. The average Bonchev–Trinajstić information content (AvgIpc) is 3.15. The second kappa shape index (κ2) is 9.49. The lowest BCUT2D eigenvalue weighted by Gasteiger charge is -2.22. The zero-order valence-corrected chi connectivity index (χ0v) is 17.9. The van der Waals surface area contributed by atoms with Crippen LogP contribution in [0, 0.1) is 5.82 Å². The molecule has 0 radical (unpaired) electrons. The second-order valence-corrected chi connectivity index (χ2v) is 7.45. The van der Waals surface area contributed by atoms with Crippen LogP contribution in [-0.2, 0) is 17.7 Å². The molecule has 0 aromatic carbocycles. The van der Waals surface area contributed by atoms with Gasteiger partial charge in [0.2, 0.25) is 0 Å². The van der Waals surface area contributed by atoms with Crippen LogP contribution >= 0.6 is 0 Å². The van der Waals surface area contributed by atoms with Gasteiger partial charge >= 0.3 is 0 Å². The summed E-state index contributed by atoms with van der Waals surface area (Å²) in [6, 6.07) is 1.35. The number of hydrogen-bond acceptors (Lipinski definition) is 7. The predicted octanol–water partition coefficient (Wildman–Crippen LogP) is 2.61. The Balaban J connectivity index is 1.78. The smallest absolute Gasteiger partial charge is 0.166 e. The van der Waals surface area contributed by atoms with E-state index in [1.54, 1.807) is 12.2 Å². The van der Waals surface area contributed by atoms with Gasteiger partial charge in [0, 0.05) is 24.7 Å².